The van der Waals surface area contributed by atoms with Gasteiger partial charge in [0.15, 0.2) is 6.26 Å². The van der Waals surface area contributed by atoms with E-state index in [4.69, 9.17) is 16.3 Å². The molecule has 1 heterocycles. The fourth-order valence-electron chi connectivity index (χ4n) is 3.15. The van der Waals surface area contributed by atoms with Crippen LogP contribution in [0.15, 0.2) is 72.6 Å². The number of benzene rings is 3. The van der Waals surface area contributed by atoms with Crippen LogP contribution in [-0.2, 0) is 0 Å². The second kappa shape index (κ2) is 5.65. The standard InChI is InChI=1S/C19H12ClNO3/c20-16-8-4-3-7-14(16)18-15-10-9-12-5-1-2-6-13(12)19(15)24-11-17(18)21(22)23/h1-11,18H. The molecule has 1 unspecified atom stereocenters. The summed E-state index contributed by atoms with van der Waals surface area (Å²) in [7, 11) is 0. The van der Waals surface area contributed by atoms with Gasteiger partial charge in [-0.15, -0.1) is 0 Å². The van der Waals surface area contributed by atoms with Crippen molar-refractivity contribution in [1.82, 2.24) is 0 Å². The molecule has 118 valence electrons. The molecule has 1 aliphatic heterocycles. The summed E-state index contributed by atoms with van der Waals surface area (Å²) in [5, 5.41) is 14.0. The molecule has 0 aromatic heterocycles. The Hall–Kier alpha value is -2.85. The molecule has 0 saturated heterocycles. The van der Waals surface area contributed by atoms with Crippen LogP contribution in [0.1, 0.15) is 17.0 Å². The molecule has 0 bridgehead atoms. The zero-order chi connectivity index (χ0) is 16.7. The van der Waals surface area contributed by atoms with Crippen LogP contribution in [0.4, 0.5) is 0 Å². The molecule has 24 heavy (non-hydrogen) atoms. The number of rotatable bonds is 2. The van der Waals surface area contributed by atoms with Crippen molar-refractivity contribution in [2.75, 3.05) is 0 Å². The van der Waals surface area contributed by atoms with E-state index in [1.165, 1.54) is 6.26 Å². The zero-order valence-electron chi connectivity index (χ0n) is 12.5. The second-order valence-corrected chi connectivity index (χ2v) is 5.98. The van der Waals surface area contributed by atoms with Crippen LogP contribution < -0.4 is 4.74 Å². The third-order valence-corrected chi connectivity index (χ3v) is 4.59. The van der Waals surface area contributed by atoms with Crippen LogP contribution in [0.5, 0.6) is 5.75 Å². The summed E-state index contributed by atoms with van der Waals surface area (Å²) in [6.07, 6.45) is 1.22. The predicted molar refractivity (Wildman–Crippen MR) is 92.9 cm³/mol. The van der Waals surface area contributed by atoms with E-state index in [1.807, 2.05) is 54.6 Å². The van der Waals surface area contributed by atoms with Crippen LogP contribution in [-0.4, -0.2) is 4.92 Å². The topological polar surface area (TPSA) is 52.4 Å². The molecule has 0 amide bonds. The Bertz CT molecular complexity index is 997. The summed E-state index contributed by atoms with van der Waals surface area (Å²) in [4.78, 5) is 11.1. The molecule has 4 rings (SSSR count). The number of hydrogen-bond donors (Lipinski definition) is 0. The number of ether oxygens (including phenoxy) is 1. The summed E-state index contributed by atoms with van der Waals surface area (Å²) in [5.41, 5.74) is 1.42. The predicted octanol–water partition coefficient (Wildman–Crippen LogP) is 5.14. The molecule has 1 atom stereocenters. The number of halogens is 1. The van der Waals surface area contributed by atoms with Gasteiger partial charge in [-0.2, -0.15) is 0 Å². The summed E-state index contributed by atoms with van der Waals surface area (Å²) >= 11 is 6.32. The van der Waals surface area contributed by atoms with Crippen molar-refractivity contribution in [1.29, 1.82) is 0 Å². The molecule has 3 aromatic carbocycles. The summed E-state index contributed by atoms with van der Waals surface area (Å²) in [6, 6.07) is 18.8. The molecule has 1 aliphatic rings. The quantitative estimate of drug-likeness (QED) is 0.481. The Kier molecular flexibility index (Phi) is 3.47. The maximum absolute atomic E-state index is 11.5. The Morgan fingerprint density at radius 2 is 1.71 bits per heavy atom. The lowest BCUT2D eigenvalue weighted by atomic mass is 9.85. The number of allylic oxidation sites excluding steroid dienone is 1. The van der Waals surface area contributed by atoms with E-state index >= 15 is 0 Å². The molecule has 0 spiro atoms. The van der Waals surface area contributed by atoms with Crippen molar-refractivity contribution >= 4 is 22.4 Å². The maximum atomic E-state index is 11.5. The average Bonchev–Trinajstić information content (AvgIpc) is 2.61. The summed E-state index contributed by atoms with van der Waals surface area (Å²) in [6.45, 7) is 0. The van der Waals surface area contributed by atoms with E-state index in [9.17, 15) is 10.1 Å². The average molecular weight is 338 g/mol. The van der Waals surface area contributed by atoms with Crippen molar-refractivity contribution in [3.05, 3.63) is 98.9 Å². The van der Waals surface area contributed by atoms with Crippen LogP contribution >= 0.6 is 11.6 Å². The van der Waals surface area contributed by atoms with Gasteiger partial charge < -0.3 is 4.74 Å². The first-order chi connectivity index (χ1) is 11.7. The molecular formula is C19H12ClNO3. The van der Waals surface area contributed by atoms with Gasteiger partial charge in [0.05, 0.1) is 4.92 Å². The van der Waals surface area contributed by atoms with Gasteiger partial charge >= 0.3 is 0 Å². The molecule has 3 aromatic rings. The van der Waals surface area contributed by atoms with Crippen LogP contribution in [0.25, 0.3) is 10.8 Å². The highest BCUT2D eigenvalue weighted by Crippen LogP contribution is 2.45. The lowest BCUT2D eigenvalue weighted by Crippen LogP contribution is -2.18. The third kappa shape index (κ3) is 2.23. The lowest BCUT2D eigenvalue weighted by molar-refractivity contribution is -0.431. The van der Waals surface area contributed by atoms with Gasteiger partial charge in [-0.3, -0.25) is 10.1 Å². The van der Waals surface area contributed by atoms with E-state index in [2.05, 4.69) is 0 Å². The minimum absolute atomic E-state index is 0.0223. The van der Waals surface area contributed by atoms with E-state index in [-0.39, 0.29) is 5.70 Å². The van der Waals surface area contributed by atoms with E-state index in [1.54, 1.807) is 6.07 Å². The molecule has 0 saturated carbocycles. The smallest absolute Gasteiger partial charge is 0.292 e. The third-order valence-electron chi connectivity index (χ3n) is 4.24. The SMILES string of the molecule is O=[N+]([O-])C1=COc2c(ccc3ccccc23)C1c1ccccc1Cl. The Morgan fingerprint density at radius 1 is 0.958 bits per heavy atom. The van der Waals surface area contributed by atoms with Crippen molar-refractivity contribution in [2.24, 2.45) is 0 Å². The minimum atomic E-state index is -0.568. The highest BCUT2D eigenvalue weighted by atomic mass is 35.5. The van der Waals surface area contributed by atoms with Gasteiger partial charge in [0.1, 0.15) is 11.7 Å². The van der Waals surface area contributed by atoms with Crippen LogP contribution in [0.3, 0.4) is 0 Å². The highest BCUT2D eigenvalue weighted by molar-refractivity contribution is 6.31. The zero-order valence-corrected chi connectivity index (χ0v) is 13.2. The van der Waals surface area contributed by atoms with Gasteiger partial charge in [0.2, 0.25) is 0 Å². The van der Waals surface area contributed by atoms with Crippen LogP contribution in [0.2, 0.25) is 5.02 Å². The van der Waals surface area contributed by atoms with Gasteiger partial charge in [-0.25, -0.2) is 0 Å². The van der Waals surface area contributed by atoms with Crippen molar-refractivity contribution in [3.8, 4) is 5.75 Å². The minimum Gasteiger partial charge on any atom is -0.457 e. The maximum Gasteiger partial charge on any atom is 0.292 e. The summed E-state index contributed by atoms with van der Waals surface area (Å²) < 4.78 is 5.66. The first-order valence-corrected chi connectivity index (χ1v) is 7.82. The first kappa shape index (κ1) is 14.7. The Morgan fingerprint density at radius 3 is 2.50 bits per heavy atom. The van der Waals surface area contributed by atoms with Gasteiger partial charge in [-0.1, -0.05) is 66.2 Å². The molecule has 0 N–H and O–H groups in total. The Balaban J connectivity index is 2.01. The number of nitro groups is 1. The van der Waals surface area contributed by atoms with Gasteiger partial charge in [0, 0.05) is 16.0 Å². The Labute approximate surface area is 143 Å². The molecule has 4 nitrogen and oxygen atoms in total. The number of nitrogens with zero attached hydrogens (tertiary/aromatic N) is 1. The second-order valence-electron chi connectivity index (χ2n) is 5.58. The summed E-state index contributed by atoms with van der Waals surface area (Å²) in [5.74, 6) is 0.0747. The first-order valence-electron chi connectivity index (χ1n) is 7.44. The van der Waals surface area contributed by atoms with E-state index in [0.717, 1.165) is 16.3 Å². The lowest BCUT2D eigenvalue weighted by Gasteiger charge is -2.24. The molecule has 0 aliphatic carbocycles. The highest BCUT2D eigenvalue weighted by Gasteiger charge is 2.36. The van der Waals surface area contributed by atoms with Gasteiger partial charge in [-0.05, 0) is 17.0 Å². The normalized spacial score (nSPS) is 16.2. The fraction of sp³-hybridized carbons (Fsp3) is 0.0526. The van der Waals surface area contributed by atoms with Crippen LogP contribution in [0, 0.1) is 10.1 Å². The number of hydrogen-bond acceptors (Lipinski definition) is 3. The monoisotopic (exact) mass is 337 g/mol. The van der Waals surface area contributed by atoms with Crippen molar-refractivity contribution in [2.45, 2.75) is 5.92 Å². The van der Waals surface area contributed by atoms with E-state index in [0.29, 0.717) is 16.3 Å². The molecule has 0 radical (unpaired) electrons. The molecular weight excluding hydrogens is 326 g/mol. The molecule has 5 heteroatoms. The van der Waals surface area contributed by atoms with Crippen molar-refractivity contribution < 1.29 is 9.66 Å². The van der Waals surface area contributed by atoms with Crippen molar-refractivity contribution in [3.63, 3.8) is 0 Å². The van der Waals surface area contributed by atoms with Gasteiger partial charge in [0.25, 0.3) is 5.70 Å². The fourth-order valence-corrected chi connectivity index (χ4v) is 3.39. The number of fused-ring (bicyclic) bond motifs is 3. The van der Waals surface area contributed by atoms with E-state index < -0.39 is 10.8 Å². The largest absolute Gasteiger partial charge is 0.457 e. The molecule has 0 fully saturated rings.